The van der Waals surface area contributed by atoms with Crippen molar-refractivity contribution in [2.45, 2.75) is 19.4 Å². The van der Waals surface area contributed by atoms with Gasteiger partial charge in [0.15, 0.2) is 0 Å². The number of carboxylic acids is 1. The summed E-state index contributed by atoms with van der Waals surface area (Å²) in [6, 6.07) is 3.78. The highest BCUT2D eigenvalue weighted by molar-refractivity contribution is 14.1. The second-order valence-corrected chi connectivity index (χ2v) is 4.61. The molecule has 0 fully saturated rings. The Morgan fingerprint density at radius 3 is 2.76 bits per heavy atom. The molecule has 0 amide bonds. The quantitative estimate of drug-likeness (QED) is 0.484. The van der Waals surface area contributed by atoms with Gasteiger partial charge in [-0.05, 0) is 41.1 Å². The molecule has 0 heterocycles. The fourth-order valence-electron chi connectivity index (χ4n) is 1.30. The summed E-state index contributed by atoms with van der Waals surface area (Å²) in [7, 11) is 0. The number of nitrogens with one attached hydrogen (secondary N) is 1. The number of nitro groups is 1. The molecule has 0 aliphatic carbocycles. The Morgan fingerprint density at radius 1 is 1.65 bits per heavy atom. The van der Waals surface area contributed by atoms with E-state index >= 15 is 0 Å². The number of nitro benzene ring substituents is 1. The molecule has 2 N–H and O–H groups in total. The molecular weight excluding hydrogens is 339 g/mol. The van der Waals surface area contributed by atoms with E-state index in [4.69, 9.17) is 5.11 Å². The second-order valence-electron chi connectivity index (χ2n) is 3.36. The minimum Gasteiger partial charge on any atom is -0.480 e. The largest absolute Gasteiger partial charge is 0.480 e. The standard InChI is InChI=1S/C10H11IN2O4/c1-2-7(10(14)15)12-8-4-3-6(11)5-9(8)13(16)17/h3-5,7,12H,2H2,1H3,(H,14,15). The average Bonchev–Trinajstić information content (AvgIpc) is 2.26. The van der Waals surface area contributed by atoms with Gasteiger partial charge in [0, 0.05) is 9.64 Å². The van der Waals surface area contributed by atoms with Gasteiger partial charge in [0.25, 0.3) is 5.69 Å². The summed E-state index contributed by atoms with van der Waals surface area (Å²) in [6.07, 6.45) is 0.346. The first-order valence-electron chi connectivity index (χ1n) is 4.89. The van der Waals surface area contributed by atoms with Crippen molar-refractivity contribution in [2.24, 2.45) is 0 Å². The summed E-state index contributed by atoms with van der Waals surface area (Å²) in [5.41, 5.74) is 0.112. The minimum absolute atomic E-state index is 0.114. The third-order valence-corrected chi connectivity index (χ3v) is 2.86. The van der Waals surface area contributed by atoms with Crippen LogP contribution in [0.3, 0.4) is 0 Å². The van der Waals surface area contributed by atoms with E-state index in [1.807, 2.05) is 22.6 Å². The van der Waals surface area contributed by atoms with Crippen molar-refractivity contribution >= 4 is 39.9 Å². The maximum Gasteiger partial charge on any atom is 0.326 e. The van der Waals surface area contributed by atoms with Crippen molar-refractivity contribution in [2.75, 3.05) is 5.32 Å². The van der Waals surface area contributed by atoms with Crippen LogP contribution in [0.4, 0.5) is 11.4 Å². The molecule has 1 aromatic carbocycles. The molecule has 1 atom stereocenters. The third-order valence-electron chi connectivity index (χ3n) is 2.19. The number of anilines is 1. The van der Waals surface area contributed by atoms with E-state index < -0.39 is 16.9 Å². The van der Waals surface area contributed by atoms with E-state index in [-0.39, 0.29) is 11.4 Å². The molecule has 0 aromatic heterocycles. The summed E-state index contributed by atoms with van der Waals surface area (Å²) in [5, 5.41) is 22.4. The van der Waals surface area contributed by atoms with Gasteiger partial charge in [-0.1, -0.05) is 6.92 Å². The van der Waals surface area contributed by atoms with Crippen molar-refractivity contribution in [1.29, 1.82) is 0 Å². The monoisotopic (exact) mass is 350 g/mol. The predicted octanol–water partition coefficient (Wildman–Crippen LogP) is 2.47. The molecule has 0 radical (unpaired) electrons. The lowest BCUT2D eigenvalue weighted by Crippen LogP contribution is -2.28. The van der Waals surface area contributed by atoms with Gasteiger partial charge in [-0.25, -0.2) is 4.79 Å². The van der Waals surface area contributed by atoms with Gasteiger partial charge in [0.2, 0.25) is 0 Å². The van der Waals surface area contributed by atoms with E-state index in [1.165, 1.54) is 12.1 Å². The van der Waals surface area contributed by atoms with Crippen molar-refractivity contribution in [1.82, 2.24) is 0 Å². The highest BCUT2D eigenvalue weighted by Crippen LogP contribution is 2.27. The van der Waals surface area contributed by atoms with Crippen LogP contribution in [0.5, 0.6) is 0 Å². The Hall–Kier alpha value is -1.38. The number of halogens is 1. The Bertz CT molecular complexity index is 450. The first-order chi connectivity index (χ1) is 7.95. The van der Waals surface area contributed by atoms with Crippen LogP contribution >= 0.6 is 22.6 Å². The van der Waals surface area contributed by atoms with E-state index in [0.29, 0.717) is 6.42 Å². The first kappa shape index (κ1) is 13.7. The molecule has 0 saturated heterocycles. The second kappa shape index (κ2) is 5.80. The number of carbonyl (C=O) groups is 1. The normalized spacial score (nSPS) is 11.9. The van der Waals surface area contributed by atoms with E-state index in [9.17, 15) is 14.9 Å². The highest BCUT2D eigenvalue weighted by atomic mass is 127. The van der Waals surface area contributed by atoms with E-state index in [2.05, 4.69) is 5.32 Å². The van der Waals surface area contributed by atoms with Gasteiger partial charge in [0.1, 0.15) is 11.7 Å². The van der Waals surface area contributed by atoms with Gasteiger partial charge in [-0.15, -0.1) is 0 Å². The molecule has 0 saturated carbocycles. The van der Waals surface area contributed by atoms with Crippen LogP contribution in [0.2, 0.25) is 0 Å². The number of benzene rings is 1. The summed E-state index contributed by atoms with van der Waals surface area (Å²) >= 11 is 1.96. The minimum atomic E-state index is -1.03. The van der Waals surface area contributed by atoms with Crippen LogP contribution in [0.1, 0.15) is 13.3 Å². The maximum atomic E-state index is 10.8. The summed E-state index contributed by atoms with van der Waals surface area (Å²) in [4.78, 5) is 21.1. The molecule has 7 heteroatoms. The molecule has 0 bridgehead atoms. The zero-order valence-corrected chi connectivity index (χ0v) is 11.2. The van der Waals surface area contributed by atoms with Crippen LogP contribution in [0.15, 0.2) is 18.2 Å². The zero-order valence-electron chi connectivity index (χ0n) is 9.01. The molecule has 0 aliphatic heterocycles. The van der Waals surface area contributed by atoms with Crippen LogP contribution in [-0.2, 0) is 4.79 Å². The number of hydrogen-bond acceptors (Lipinski definition) is 4. The van der Waals surface area contributed by atoms with Crippen LogP contribution in [0.25, 0.3) is 0 Å². The lowest BCUT2D eigenvalue weighted by molar-refractivity contribution is -0.384. The van der Waals surface area contributed by atoms with Crippen LogP contribution in [-0.4, -0.2) is 22.0 Å². The lowest BCUT2D eigenvalue weighted by Gasteiger charge is -2.13. The third kappa shape index (κ3) is 3.55. The molecule has 0 aliphatic rings. The SMILES string of the molecule is CCC(Nc1ccc(I)cc1[N+](=O)[O-])C(=O)O. The number of rotatable bonds is 5. The fourth-order valence-corrected chi connectivity index (χ4v) is 1.78. The van der Waals surface area contributed by atoms with E-state index in [0.717, 1.165) is 3.57 Å². The number of hydrogen-bond donors (Lipinski definition) is 2. The summed E-state index contributed by atoms with van der Waals surface area (Å²) in [5.74, 6) is -1.03. The summed E-state index contributed by atoms with van der Waals surface area (Å²) < 4.78 is 0.725. The van der Waals surface area contributed by atoms with Crippen LogP contribution < -0.4 is 5.32 Å². The molecule has 6 nitrogen and oxygen atoms in total. The molecule has 1 aromatic rings. The average molecular weight is 350 g/mol. The van der Waals surface area contributed by atoms with Gasteiger partial charge >= 0.3 is 5.97 Å². The van der Waals surface area contributed by atoms with Gasteiger partial charge < -0.3 is 10.4 Å². The van der Waals surface area contributed by atoms with Crippen molar-refractivity contribution in [3.8, 4) is 0 Å². The zero-order chi connectivity index (χ0) is 13.0. The molecule has 92 valence electrons. The van der Waals surface area contributed by atoms with Crippen molar-refractivity contribution in [3.63, 3.8) is 0 Å². The highest BCUT2D eigenvalue weighted by Gasteiger charge is 2.20. The first-order valence-corrected chi connectivity index (χ1v) is 5.96. The number of carboxylic acid groups (broad SMARTS) is 1. The molecule has 0 spiro atoms. The van der Waals surface area contributed by atoms with Crippen molar-refractivity contribution < 1.29 is 14.8 Å². The Labute approximate surface area is 111 Å². The molecule has 1 rings (SSSR count). The number of nitrogens with zero attached hydrogens (tertiary/aromatic N) is 1. The Morgan fingerprint density at radius 2 is 2.29 bits per heavy atom. The van der Waals surface area contributed by atoms with Gasteiger partial charge in [-0.3, -0.25) is 10.1 Å². The Balaban J connectivity index is 3.05. The Kier molecular flexibility index (Phi) is 4.67. The fraction of sp³-hybridized carbons (Fsp3) is 0.300. The molecule has 17 heavy (non-hydrogen) atoms. The lowest BCUT2D eigenvalue weighted by atomic mass is 10.2. The molecule has 1 unspecified atom stereocenters. The maximum absolute atomic E-state index is 10.8. The molecular formula is C10H11IN2O4. The topological polar surface area (TPSA) is 92.5 Å². The predicted molar refractivity (Wildman–Crippen MR) is 71.2 cm³/mol. The van der Waals surface area contributed by atoms with Crippen LogP contribution in [0, 0.1) is 13.7 Å². The number of aliphatic carboxylic acids is 1. The van der Waals surface area contributed by atoms with Gasteiger partial charge in [0.05, 0.1) is 4.92 Å². The van der Waals surface area contributed by atoms with Crippen molar-refractivity contribution in [3.05, 3.63) is 31.9 Å². The van der Waals surface area contributed by atoms with E-state index in [1.54, 1.807) is 13.0 Å². The van der Waals surface area contributed by atoms with Gasteiger partial charge in [-0.2, -0.15) is 0 Å². The summed E-state index contributed by atoms with van der Waals surface area (Å²) in [6.45, 7) is 1.70. The smallest absolute Gasteiger partial charge is 0.326 e.